The van der Waals surface area contributed by atoms with Crippen LogP contribution in [0.25, 0.3) is 0 Å². The van der Waals surface area contributed by atoms with Gasteiger partial charge in [0.1, 0.15) is 0 Å². The summed E-state index contributed by atoms with van der Waals surface area (Å²) in [6, 6.07) is 0.432. The smallest absolute Gasteiger partial charge is 0.322 e. The summed E-state index contributed by atoms with van der Waals surface area (Å²) in [5.74, 6) is 0. The van der Waals surface area contributed by atoms with Crippen LogP contribution in [0.15, 0.2) is 6.20 Å². The van der Waals surface area contributed by atoms with E-state index >= 15 is 0 Å². The number of nitrogens with zero attached hydrogens (tertiary/aromatic N) is 3. The number of hydrogen-bond donors (Lipinski definition) is 1. The lowest BCUT2D eigenvalue weighted by molar-refractivity contribution is -0.170. The highest BCUT2D eigenvalue weighted by atomic mass is 16.6. The Bertz CT molecular complexity index is 585. The molecule has 24 heavy (non-hydrogen) atoms. The van der Waals surface area contributed by atoms with E-state index in [1.165, 1.54) is 25.7 Å². The maximum Gasteiger partial charge on any atom is 0.322 e. The van der Waals surface area contributed by atoms with Crippen molar-refractivity contribution in [1.82, 2.24) is 14.7 Å². The molecule has 7 nitrogen and oxygen atoms in total. The van der Waals surface area contributed by atoms with Gasteiger partial charge in [-0.2, -0.15) is 5.10 Å². The second-order valence-electron chi connectivity index (χ2n) is 6.99. The molecule has 1 aromatic rings. The lowest BCUT2D eigenvalue weighted by Gasteiger charge is -2.41. The van der Waals surface area contributed by atoms with Crippen LogP contribution in [-0.4, -0.2) is 59.2 Å². The molecule has 4 rings (SSSR count). The van der Waals surface area contributed by atoms with Crippen molar-refractivity contribution in [2.75, 3.05) is 31.6 Å². The molecule has 1 aromatic heterocycles. The molecule has 2 atom stereocenters. The van der Waals surface area contributed by atoms with Crippen molar-refractivity contribution >= 4 is 11.7 Å². The fraction of sp³-hybridized carbons (Fsp3) is 0.765. The average Bonchev–Trinajstić information content (AvgIpc) is 3.23. The number of anilines is 1. The summed E-state index contributed by atoms with van der Waals surface area (Å²) in [6.45, 7) is 4.43. The van der Waals surface area contributed by atoms with E-state index in [1.54, 1.807) is 6.20 Å². The molecule has 1 aliphatic carbocycles. The number of urea groups is 1. The lowest BCUT2D eigenvalue weighted by Crippen LogP contribution is -2.56. The second kappa shape index (κ2) is 6.72. The highest BCUT2D eigenvalue weighted by Gasteiger charge is 2.34. The van der Waals surface area contributed by atoms with Gasteiger partial charge in [0.15, 0.2) is 0 Å². The minimum Gasteiger partial charge on any atom is -0.376 e. The zero-order valence-corrected chi connectivity index (χ0v) is 14.2. The SMILES string of the molecule is CCc1c(NC(=O)N2CC3COCC(C2)O3)cnn1C1CCCC1. The molecule has 0 radical (unpaired) electrons. The monoisotopic (exact) mass is 334 g/mol. The van der Waals surface area contributed by atoms with Crippen molar-refractivity contribution in [3.8, 4) is 0 Å². The maximum absolute atomic E-state index is 12.7. The van der Waals surface area contributed by atoms with E-state index in [9.17, 15) is 4.79 Å². The van der Waals surface area contributed by atoms with Gasteiger partial charge in [-0.3, -0.25) is 4.68 Å². The van der Waals surface area contributed by atoms with E-state index in [0.717, 1.165) is 17.8 Å². The van der Waals surface area contributed by atoms with E-state index < -0.39 is 0 Å². The molecule has 2 bridgehead atoms. The normalized spacial score (nSPS) is 27.5. The molecule has 2 unspecified atom stereocenters. The molecule has 2 aliphatic heterocycles. The van der Waals surface area contributed by atoms with E-state index in [-0.39, 0.29) is 18.2 Å². The van der Waals surface area contributed by atoms with Crippen LogP contribution in [0.2, 0.25) is 0 Å². The van der Waals surface area contributed by atoms with Gasteiger partial charge in [-0.1, -0.05) is 19.8 Å². The quantitative estimate of drug-likeness (QED) is 0.920. The van der Waals surface area contributed by atoms with Crippen LogP contribution in [0, 0.1) is 0 Å². The first-order valence-electron chi connectivity index (χ1n) is 9.10. The van der Waals surface area contributed by atoms with Crippen LogP contribution in [0.3, 0.4) is 0 Å². The number of amides is 2. The van der Waals surface area contributed by atoms with Crippen molar-refractivity contribution in [1.29, 1.82) is 0 Å². The number of carbonyl (C=O) groups excluding carboxylic acids is 1. The standard InChI is InChI=1S/C17H26N4O3/c1-2-16-15(7-18-21(16)12-5-3-4-6-12)19-17(22)20-8-13-10-23-11-14(9-20)24-13/h7,12-14H,2-6,8-11H2,1H3,(H,19,22). The molecule has 2 saturated heterocycles. The number of nitrogens with one attached hydrogen (secondary N) is 1. The van der Waals surface area contributed by atoms with Crippen molar-refractivity contribution in [3.63, 3.8) is 0 Å². The predicted molar refractivity (Wildman–Crippen MR) is 89.2 cm³/mol. The third-order valence-corrected chi connectivity index (χ3v) is 5.27. The van der Waals surface area contributed by atoms with Gasteiger partial charge in [-0.15, -0.1) is 0 Å². The predicted octanol–water partition coefficient (Wildman–Crippen LogP) is 2.19. The zero-order chi connectivity index (χ0) is 16.5. The molecule has 1 N–H and O–H groups in total. The Hall–Kier alpha value is -1.60. The molecule has 3 heterocycles. The average molecular weight is 334 g/mol. The fourth-order valence-electron chi connectivity index (χ4n) is 4.11. The molecule has 3 fully saturated rings. The molecular formula is C17H26N4O3. The van der Waals surface area contributed by atoms with Gasteiger partial charge < -0.3 is 19.7 Å². The summed E-state index contributed by atoms with van der Waals surface area (Å²) in [4.78, 5) is 14.5. The molecule has 1 saturated carbocycles. The Balaban J connectivity index is 1.45. The zero-order valence-electron chi connectivity index (χ0n) is 14.2. The van der Waals surface area contributed by atoms with Crippen molar-refractivity contribution in [2.24, 2.45) is 0 Å². The number of aromatic nitrogens is 2. The number of hydrogen-bond acceptors (Lipinski definition) is 4. The minimum atomic E-state index is -0.0594. The Morgan fingerprint density at radius 3 is 2.67 bits per heavy atom. The van der Waals surface area contributed by atoms with Gasteiger partial charge in [-0.05, 0) is 19.3 Å². The minimum absolute atomic E-state index is 0.00453. The van der Waals surface area contributed by atoms with E-state index in [2.05, 4.69) is 22.0 Å². The van der Waals surface area contributed by atoms with E-state index in [1.807, 2.05) is 4.90 Å². The third-order valence-electron chi connectivity index (χ3n) is 5.27. The van der Waals surface area contributed by atoms with Gasteiger partial charge in [0.2, 0.25) is 0 Å². The molecule has 0 aromatic carbocycles. The number of rotatable bonds is 3. The molecular weight excluding hydrogens is 308 g/mol. The maximum atomic E-state index is 12.7. The molecule has 132 valence electrons. The molecule has 0 spiro atoms. The summed E-state index contributed by atoms with van der Waals surface area (Å²) in [6.07, 6.45) is 7.59. The molecule has 7 heteroatoms. The number of morpholine rings is 1. The van der Waals surface area contributed by atoms with Crippen molar-refractivity contribution in [2.45, 2.75) is 57.3 Å². The van der Waals surface area contributed by atoms with Crippen molar-refractivity contribution < 1.29 is 14.3 Å². The lowest BCUT2D eigenvalue weighted by atomic mass is 10.2. The van der Waals surface area contributed by atoms with E-state index in [0.29, 0.717) is 32.3 Å². The largest absolute Gasteiger partial charge is 0.376 e. The van der Waals surface area contributed by atoms with Crippen LogP contribution < -0.4 is 5.32 Å². The number of fused-ring (bicyclic) bond motifs is 2. The summed E-state index contributed by atoms with van der Waals surface area (Å²) < 4.78 is 13.4. The van der Waals surface area contributed by atoms with Gasteiger partial charge in [0, 0.05) is 0 Å². The summed E-state index contributed by atoms with van der Waals surface area (Å²) in [5, 5.41) is 7.63. The first-order chi connectivity index (χ1) is 11.7. The third kappa shape index (κ3) is 3.02. The van der Waals surface area contributed by atoms with Crippen molar-refractivity contribution in [3.05, 3.63) is 11.9 Å². The Kier molecular flexibility index (Phi) is 4.45. The summed E-state index contributed by atoms with van der Waals surface area (Å²) in [7, 11) is 0. The highest BCUT2D eigenvalue weighted by molar-refractivity contribution is 5.90. The first-order valence-corrected chi connectivity index (χ1v) is 9.10. The van der Waals surface area contributed by atoms with Crippen LogP contribution >= 0.6 is 0 Å². The second-order valence-corrected chi connectivity index (χ2v) is 6.99. The van der Waals surface area contributed by atoms with Gasteiger partial charge in [0.05, 0.1) is 62.1 Å². The number of carbonyl (C=O) groups is 1. The first kappa shape index (κ1) is 15.9. The number of ether oxygens (including phenoxy) is 2. The molecule has 3 aliphatic rings. The van der Waals surface area contributed by atoms with E-state index in [4.69, 9.17) is 9.47 Å². The summed E-state index contributed by atoms with van der Waals surface area (Å²) in [5.41, 5.74) is 1.98. The summed E-state index contributed by atoms with van der Waals surface area (Å²) >= 11 is 0. The van der Waals surface area contributed by atoms with Gasteiger partial charge in [-0.25, -0.2) is 4.79 Å². The van der Waals surface area contributed by atoms with Gasteiger partial charge in [0.25, 0.3) is 0 Å². The fourth-order valence-corrected chi connectivity index (χ4v) is 4.11. The molecule has 2 amide bonds. The highest BCUT2D eigenvalue weighted by Crippen LogP contribution is 2.32. The Morgan fingerprint density at radius 1 is 1.29 bits per heavy atom. The Morgan fingerprint density at radius 2 is 2.00 bits per heavy atom. The van der Waals surface area contributed by atoms with Crippen LogP contribution in [0.4, 0.5) is 10.5 Å². The Labute approximate surface area is 142 Å². The topological polar surface area (TPSA) is 68.6 Å². The van der Waals surface area contributed by atoms with Crippen LogP contribution in [0.1, 0.15) is 44.3 Å². The van der Waals surface area contributed by atoms with Crippen LogP contribution in [0.5, 0.6) is 0 Å². The van der Waals surface area contributed by atoms with Crippen LogP contribution in [-0.2, 0) is 15.9 Å². The van der Waals surface area contributed by atoms with Gasteiger partial charge >= 0.3 is 6.03 Å².